The van der Waals surface area contributed by atoms with Crippen molar-refractivity contribution in [1.82, 2.24) is 0 Å². The molecule has 140 valence electrons. The van der Waals surface area contributed by atoms with Crippen molar-refractivity contribution < 1.29 is 28.5 Å². The van der Waals surface area contributed by atoms with E-state index >= 15 is 0 Å². The Labute approximate surface area is 184 Å². The van der Waals surface area contributed by atoms with E-state index in [1.807, 2.05) is 17.8 Å². The summed E-state index contributed by atoms with van der Waals surface area (Å²) in [6.45, 7) is 4.67. The maximum absolute atomic E-state index is 6.29. The number of quaternary nitrogens is 1. The number of unbranched alkanes of at least 4 members (excludes halogenated alkanes) is 1. The molecule has 0 spiro atoms. The highest BCUT2D eigenvalue weighted by Crippen LogP contribution is 2.46. The smallest absolute Gasteiger partial charge is 0.0817 e. The molecule has 2 aromatic carbocycles. The van der Waals surface area contributed by atoms with Crippen LogP contribution in [-0.4, -0.2) is 31.7 Å². The van der Waals surface area contributed by atoms with E-state index in [0.717, 1.165) is 22.5 Å². The molecule has 0 unspecified atom stereocenters. The highest BCUT2D eigenvalue weighted by atomic mass is 127. The number of hydrogen-bond donors (Lipinski definition) is 0. The summed E-state index contributed by atoms with van der Waals surface area (Å²) in [6, 6.07) is 14.9. The van der Waals surface area contributed by atoms with E-state index in [2.05, 4.69) is 63.5 Å². The Kier molecular flexibility index (Phi) is 8.08. The second-order valence-corrected chi connectivity index (χ2v) is 8.90. The van der Waals surface area contributed by atoms with Gasteiger partial charge in [0.05, 0.1) is 27.2 Å². The minimum atomic E-state index is 0. The molecular weight excluding hydrogens is 473 g/mol. The molecule has 1 aliphatic heterocycles. The van der Waals surface area contributed by atoms with Crippen LogP contribution in [-0.2, 0) is 0 Å². The van der Waals surface area contributed by atoms with Gasteiger partial charge in [-0.15, -0.1) is 0 Å². The molecule has 0 N–H and O–H groups in total. The third-order valence-electron chi connectivity index (χ3n) is 4.83. The van der Waals surface area contributed by atoms with Crippen molar-refractivity contribution in [2.24, 2.45) is 0 Å². The van der Waals surface area contributed by atoms with Crippen LogP contribution in [0.3, 0.4) is 0 Å². The molecule has 0 aliphatic carbocycles. The fourth-order valence-electron chi connectivity index (χ4n) is 3.32. The fraction of sp³-hybridized carbons (Fsp3) is 0.364. The van der Waals surface area contributed by atoms with Crippen LogP contribution in [0.1, 0.15) is 37.3 Å². The number of halogens is 2. The Bertz CT molecular complexity index is 785. The van der Waals surface area contributed by atoms with Crippen molar-refractivity contribution in [3.63, 3.8) is 0 Å². The Balaban J connectivity index is 0.00000243. The number of hydrogen-bond acceptors (Lipinski definition) is 1. The van der Waals surface area contributed by atoms with Gasteiger partial charge in [0.15, 0.2) is 0 Å². The molecular formula is C22H27ClINS. The molecule has 0 saturated heterocycles. The zero-order valence-corrected chi connectivity index (χ0v) is 19.5. The third kappa shape index (κ3) is 5.28. The molecule has 1 aliphatic rings. The van der Waals surface area contributed by atoms with Gasteiger partial charge < -0.3 is 28.5 Å². The second-order valence-electron chi connectivity index (χ2n) is 7.38. The molecule has 0 radical (unpaired) electrons. The topological polar surface area (TPSA) is 0 Å². The van der Waals surface area contributed by atoms with Gasteiger partial charge in [0, 0.05) is 21.2 Å². The van der Waals surface area contributed by atoms with Crippen LogP contribution < -0.4 is 24.0 Å². The van der Waals surface area contributed by atoms with E-state index in [1.54, 1.807) is 0 Å². The van der Waals surface area contributed by atoms with E-state index in [1.165, 1.54) is 45.9 Å². The minimum Gasteiger partial charge on any atom is -1.00 e. The molecule has 0 saturated carbocycles. The molecule has 2 aromatic rings. The maximum atomic E-state index is 6.29. The Morgan fingerprint density at radius 3 is 2.50 bits per heavy atom. The Morgan fingerprint density at radius 1 is 1.00 bits per heavy atom. The molecule has 4 heteroatoms. The molecule has 0 atom stereocenters. The summed E-state index contributed by atoms with van der Waals surface area (Å²) in [6.07, 6.45) is 6.05. The molecule has 1 nitrogen and oxygen atoms in total. The van der Waals surface area contributed by atoms with Crippen molar-refractivity contribution in [1.29, 1.82) is 0 Å². The van der Waals surface area contributed by atoms with E-state index in [9.17, 15) is 0 Å². The summed E-state index contributed by atoms with van der Waals surface area (Å²) in [7, 11) is 4.67. The van der Waals surface area contributed by atoms with Crippen molar-refractivity contribution in [2.45, 2.75) is 36.0 Å². The molecule has 1 heterocycles. The highest BCUT2D eigenvalue weighted by Gasteiger charge is 2.21. The van der Waals surface area contributed by atoms with Crippen LogP contribution in [0.15, 0.2) is 58.3 Å². The number of fused-ring (bicyclic) bond motifs is 2. The summed E-state index contributed by atoms with van der Waals surface area (Å²) < 4.78 is 1.08. The SMILES string of the molecule is CCCC[N+](C)(C)CC/C=C1/c2ccccc2Sc2ccc(Cl)cc21.[I-]. The summed E-state index contributed by atoms with van der Waals surface area (Å²) in [4.78, 5) is 2.64. The van der Waals surface area contributed by atoms with Crippen molar-refractivity contribution >= 4 is 28.9 Å². The first-order valence-corrected chi connectivity index (χ1v) is 10.3. The first-order valence-electron chi connectivity index (χ1n) is 9.09. The fourth-order valence-corrected chi connectivity index (χ4v) is 4.58. The maximum Gasteiger partial charge on any atom is 0.0817 e. The number of nitrogens with zero attached hydrogens (tertiary/aromatic N) is 1. The average molecular weight is 500 g/mol. The van der Waals surface area contributed by atoms with Crippen LogP contribution in [0.5, 0.6) is 0 Å². The lowest BCUT2D eigenvalue weighted by Crippen LogP contribution is -3.00. The first-order chi connectivity index (χ1) is 12.0. The van der Waals surface area contributed by atoms with Gasteiger partial charge in [-0.05, 0) is 47.4 Å². The molecule has 0 amide bonds. The molecule has 0 aromatic heterocycles. The lowest BCUT2D eigenvalue weighted by atomic mass is 9.96. The van der Waals surface area contributed by atoms with Gasteiger partial charge in [-0.1, -0.05) is 61.0 Å². The van der Waals surface area contributed by atoms with Gasteiger partial charge in [0.1, 0.15) is 0 Å². The summed E-state index contributed by atoms with van der Waals surface area (Å²) in [5.74, 6) is 0. The van der Waals surface area contributed by atoms with Gasteiger partial charge in [0.2, 0.25) is 0 Å². The van der Waals surface area contributed by atoms with Crippen LogP contribution in [0.2, 0.25) is 5.02 Å². The normalized spacial score (nSPS) is 14.5. The number of benzene rings is 2. The number of rotatable bonds is 6. The molecule has 26 heavy (non-hydrogen) atoms. The molecule has 3 rings (SSSR count). The molecule has 0 fully saturated rings. The lowest BCUT2D eigenvalue weighted by molar-refractivity contribution is -0.890. The van der Waals surface area contributed by atoms with Crippen molar-refractivity contribution in [2.75, 3.05) is 27.2 Å². The van der Waals surface area contributed by atoms with E-state index < -0.39 is 0 Å². The van der Waals surface area contributed by atoms with Crippen molar-refractivity contribution in [3.8, 4) is 0 Å². The summed E-state index contributed by atoms with van der Waals surface area (Å²) in [5, 5.41) is 0.809. The average Bonchev–Trinajstić information content (AvgIpc) is 2.60. The largest absolute Gasteiger partial charge is 1.00 e. The Morgan fingerprint density at radius 2 is 1.73 bits per heavy atom. The molecule has 0 bridgehead atoms. The monoisotopic (exact) mass is 499 g/mol. The Hall–Kier alpha value is -0.490. The predicted octanol–water partition coefficient (Wildman–Crippen LogP) is 3.51. The zero-order valence-electron chi connectivity index (χ0n) is 15.8. The first kappa shape index (κ1) is 21.8. The summed E-state index contributed by atoms with van der Waals surface area (Å²) in [5.41, 5.74) is 3.94. The quantitative estimate of drug-likeness (QED) is 0.369. The van der Waals surface area contributed by atoms with Crippen LogP contribution in [0, 0.1) is 0 Å². The highest BCUT2D eigenvalue weighted by molar-refractivity contribution is 7.99. The summed E-state index contributed by atoms with van der Waals surface area (Å²) >= 11 is 8.13. The van der Waals surface area contributed by atoms with Gasteiger partial charge >= 0.3 is 0 Å². The second kappa shape index (κ2) is 9.63. The lowest BCUT2D eigenvalue weighted by Gasteiger charge is -2.29. The third-order valence-corrected chi connectivity index (χ3v) is 6.22. The minimum absolute atomic E-state index is 0. The van der Waals surface area contributed by atoms with Crippen molar-refractivity contribution in [3.05, 3.63) is 64.7 Å². The van der Waals surface area contributed by atoms with E-state index in [4.69, 9.17) is 11.6 Å². The van der Waals surface area contributed by atoms with E-state index in [0.29, 0.717) is 0 Å². The zero-order chi connectivity index (χ0) is 17.9. The van der Waals surface area contributed by atoms with Crippen LogP contribution >= 0.6 is 23.4 Å². The standard InChI is InChI=1S/C22H27ClNS.HI/c1-4-5-14-24(2,3)15-8-10-18-19-9-6-7-11-21(19)25-22-13-12-17(23)16-20(18)22;/h6-7,9-13,16H,4-5,8,14-15H2,1-3H3;1H/q+1;/p-1/b18-10-;. The van der Waals surface area contributed by atoms with Crippen LogP contribution in [0.25, 0.3) is 5.57 Å². The van der Waals surface area contributed by atoms with Crippen LogP contribution in [0.4, 0.5) is 0 Å². The van der Waals surface area contributed by atoms with Gasteiger partial charge in [-0.25, -0.2) is 0 Å². The van der Waals surface area contributed by atoms with Gasteiger partial charge in [0.25, 0.3) is 0 Å². The predicted molar refractivity (Wildman–Crippen MR) is 110 cm³/mol. The van der Waals surface area contributed by atoms with Gasteiger partial charge in [-0.2, -0.15) is 0 Å². The van der Waals surface area contributed by atoms with Gasteiger partial charge in [-0.3, -0.25) is 0 Å². The van der Waals surface area contributed by atoms with E-state index in [-0.39, 0.29) is 24.0 Å².